The number of carbonyl (C=O) groups is 1. The summed E-state index contributed by atoms with van der Waals surface area (Å²) in [5.41, 5.74) is 7.66. The van der Waals surface area contributed by atoms with Gasteiger partial charge in [-0.3, -0.25) is 4.79 Å². The van der Waals surface area contributed by atoms with Crippen molar-refractivity contribution >= 4 is 18.2 Å². The Labute approximate surface area is 155 Å². The van der Waals surface area contributed by atoms with Gasteiger partial charge in [0.2, 0.25) is 6.41 Å². The Balaban J connectivity index is 3.22. The Bertz CT molecular complexity index is 695. The number of nitrogens with zero attached hydrogens (tertiary/aromatic N) is 1. The number of rotatable bonds is 10. The van der Waals surface area contributed by atoms with Crippen molar-refractivity contribution in [2.24, 2.45) is 11.7 Å². The highest BCUT2D eigenvalue weighted by Gasteiger charge is 2.23. The van der Waals surface area contributed by atoms with Gasteiger partial charge >= 0.3 is 0 Å². The maximum atomic E-state index is 14.6. The summed E-state index contributed by atoms with van der Waals surface area (Å²) in [5.74, 6) is -0.223. The van der Waals surface area contributed by atoms with Gasteiger partial charge in [0.15, 0.2) is 0 Å². The van der Waals surface area contributed by atoms with Crippen molar-refractivity contribution in [1.82, 2.24) is 4.90 Å². The zero-order chi connectivity index (χ0) is 19.9. The standard InChI is InChI=1S/C21H29FN2O2/c1-6-7-17-10-18(20(22)12-19(17)15(4)23)11-21(16(5)26)24(13-25)9-8-14(2)3/h6-7,10,12-14,21,26H,4-5,8-9,11,23H2,1-3H3/b7-6-. The fourth-order valence-electron chi connectivity index (χ4n) is 2.71. The zero-order valence-electron chi connectivity index (χ0n) is 15.8. The molecule has 0 saturated carbocycles. The van der Waals surface area contributed by atoms with Crippen molar-refractivity contribution in [2.45, 2.75) is 39.7 Å². The summed E-state index contributed by atoms with van der Waals surface area (Å²) in [6, 6.07) is 2.32. The molecule has 142 valence electrons. The van der Waals surface area contributed by atoms with E-state index in [9.17, 15) is 14.3 Å². The average molecular weight is 360 g/mol. The van der Waals surface area contributed by atoms with Crippen molar-refractivity contribution in [2.75, 3.05) is 6.54 Å². The highest BCUT2D eigenvalue weighted by Crippen LogP contribution is 2.24. The molecular formula is C21H29FN2O2. The van der Waals surface area contributed by atoms with Crippen LogP contribution in [0, 0.1) is 11.7 Å². The van der Waals surface area contributed by atoms with E-state index in [0.717, 1.165) is 12.0 Å². The van der Waals surface area contributed by atoms with Gasteiger partial charge in [-0.15, -0.1) is 0 Å². The Morgan fingerprint density at radius 2 is 2.04 bits per heavy atom. The lowest BCUT2D eigenvalue weighted by atomic mass is 9.96. The largest absolute Gasteiger partial charge is 0.511 e. The number of aliphatic hydroxyl groups is 1. The quantitative estimate of drug-likeness (QED) is 0.483. The molecule has 5 heteroatoms. The summed E-state index contributed by atoms with van der Waals surface area (Å²) in [6.45, 7) is 13.7. The van der Waals surface area contributed by atoms with E-state index in [-0.39, 0.29) is 17.9 Å². The first-order valence-corrected chi connectivity index (χ1v) is 8.69. The van der Waals surface area contributed by atoms with Crippen LogP contribution in [0.4, 0.5) is 4.39 Å². The number of allylic oxidation sites excluding steroid dienone is 1. The van der Waals surface area contributed by atoms with E-state index >= 15 is 0 Å². The number of aliphatic hydroxyl groups excluding tert-OH is 1. The molecule has 1 aromatic rings. The molecule has 4 nitrogen and oxygen atoms in total. The number of carbonyl (C=O) groups excluding carboxylic acids is 1. The third kappa shape index (κ3) is 5.76. The Kier molecular flexibility index (Phi) is 8.10. The SMILES string of the molecule is C=C(N)c1cc(F)c(CC(C(=C)O)N(C=O)CCC(C)C)cc1/C=C\C. The molecule has 0 saturated heterocycles. The molecule has 1 unspecified atom stereocenters. The number of amides is 1. The van der Waals surface area contributed by atoms with Crippen molar-refractivity contribution in [3.8, 4) is 0 Å². The van der Waals surface area contributed by atoms with Crippen LogP contribution < -0.4 is 5.73 Å². The normalized spacial score (nSPS) is 12.3. The molecule has 3 N–H and O–H groups in total. The van der Waals surface area contributed by atoms with Gasteiger partial charge < -0.3 is 15.7 Å². The minimum atomic E-state index is -0.689. The lowest BCUT2D eigenvalue weighted by Gasteiger charge is -2.28. The molecule has 0 aliphatic carbocycles. The van der Waals surface area contributed by atoms with Crippen molar-refractivity contribution in [1.29, 1.82) is 0 Å². The second-order valence-electron chi connectivity index (χ2n) is 6.79. The van der Waals surface area contributed by atoms with Crippen LogP contribution in [0.3, 0.4) is 0 Å². The van der Waals surface area contributed by atoms with Gasteiger partial charge in [-0.2, -0.15) is 0 Å². The molecule has 0 bridgehead atoms. The summed E-state index contributed by atoms with van der Waals surface area (Å²) in [4.78, 5) is 13.0. The number of hydrogen-bond acceptors (Lipinski definition) is 3. The van der Waals surface area contributed by atoms with Gasteiger partial charge in [-0.05, 0) is 42.5 Å². The summed E-state index contributed by atoms with van der Waals surface area (Å²) in [6.07, 6.45) is 5.22. The van der Waals surface area contributed by atoms with Crippen LogP contribution in [0.2, 0.25) is 0 Å². The van der Waals surface area contributed by atoms with Crippen LogP contribution in [0.25, 0.3) is 11.8 Å². The third-order valence-electron chi connectivity index (χ3n) is 4.21. The van der Waals surface area contributed by atoms with Gasteiger partial charge in [0, 0.05) is 24.2 Å². The second kappa shape index (κ2) is 9.80. The van der Waals surface area contributed by atoms with Crippen LogP contribution in [-0.2, 0) is 11.2 Å². The molecule has 0 aliphatic heterocycles. The topological polar surface area (TPSA) is 66.6 Å². The first-order valence-electron chi connectivity index (χ1n) is 8.69. The first-order chi connectivity index (χ1) is 12.2. The fourth-order valence-corrected chi connectivity index (χ4v) is 2.71. The first kappa shape index (κ1) is 21.5. The third-order valence-corrected chi connectivity index (χ3v) is 4.21. The molecular weight excluding hydrogens is 331 g/mol. The molecule has 0 aliphatic rings. The second-order valence-corrected chi connectivity index (χ2v) is 6.79. The predicted octanol–water partition coefficient (Wildman–Crippen LogP) is 4.28. The minimum Gasteiger partial charge on any atom is -0.511 e. The Hall–Kier alpha value is -2.56. The van der Waals surface area contributed by atoms with Gasteiger partial charge in [0.1, 0.15) is 11.6 Å². The number of benzene rings is 1. The minimum absolute atomic E-state index is 0.125. The lowest BCUT2D eigenvalue weighted by molar-refractivity contribution is -0.120. The molecule has 0 radical (unpaired) electrons. The summed E-state index contributed by atoms with van der Waals surface area (Å²) in [7, 11) is 0. The Morgan fingerprint density at radius 3 is 2.50 bits per heavy atom. The van der Waals surface area contributed by atoms with Gasteiger partial charge in [-0.1, -0.05) is 39.2 Å². The van der Waals surface area contributed by atoms with Gasteiger partial charge in [0.25, 0.3) is 0 Å². The number of hydrogen-bond donors (Lipinski definition) is 2. The van der Waals surface area contributed by atoms with E-state index in [1.54, 1.807) is 6.07 Å². The fraction of sp³-hybridized carbons (Fsp3) is 0.381. The van der Waals surface area contributed by atoms with Crippen LogP contribution in [0.5, 0.6) is 0 Å². The van der Waals surface area contributed by atoms with Crippen LogP contribution in [-0.4, -0.2) is 29.0 Å². The molecule has 1 amide bonds. The molecule has 1 atom stereocenters. The van der Waals surface area contributed by atoms with E-state index in [0.29, 0.717) is 30.0 Å². The molecule has 0 spiro atoms. The monoisotopic (exact) mass is 360 g/mol. The van der Waals surface area contributed by atoms with E-state index in [1.165, 1.54) is 11.0 Å². The number of halogens is 1. The van der Waals surface area contributed by atoms with E-state index < -0.39 is 11.9 Å². The van der Waals surface area contributed by atoms with E-state index in [4.69, 9.17) is 5.73 Å². The van der Waals surface area contributed by atoms with Crippen molar-refractivity contribution in [3.63, 3.8) is 0 Å². The van der Waals surface area contributed by atoms with Crippen molar-refractivity contribution < 1.29 is 14.3 Å². The van der Waals surface area contributed by atoms with Gasteiger partial charge in [0.05, 0.1) is 6.04 Å². The number of nitrogens with two attached hydrogens (primary N) is 1. The van der Waals surface area contributed by atoms with Gasteiger partial charge in [-0.25, -0.2) is 4.39 Å². The predicted molar refractivity (Wildman–Crippen MR) is 106 cm³/mol. The smallest absolute Gasteiger partial charge is 0.210 e. The molecule has 1 rings (SSSR count). The van der Waals surface area contributed by atoms with E-state index in [1.807, 2.05) is 32.9 Å². The van der Waals surface area contributed by atoms with Crippen LogP contribution in [0.15, 0.2) is 37.1 Å². The molecule has 0 fully saturated rings. The highest BCUT2D eigenvalue weighted by molar-refractivity contribution is 5.72. The maximum absolute atomic E-state index is 14.6. The average Bonchev–Trinajstić information content (AvgIpc) is 2.56. The molecule has 0 heterocycles. The highest BCUT2D eigenvalue weighted by atomic mass is 19.1. The molecule has 26 heavy (non-hydrogen) atoms. The summed E-state index contributed by atoms with van der Waals surface area (Å²) < 4.78 is 14.6. The maximum Gasteiger partial charge on any atom is 0.210 e. The van der Waals surface area contributed by atoms with Crippen LogP contribution in [0.1, 0.15) is 43.9 Å². The summed E-state index contributed by atoms with van der Waals surface area (Å²) >= 11 is 0. The Morgan fingerprint density at radius 1 is 1.38 bits per heavy atom. The summed E-state index contributed by atoms with van der Waals surface area (Å²) in [5, 5.41) is 9.98. The zero-order valence-corrected chi connectivity index (χ0v) is 15.8. The van der Waals surface area contributed by atoms with Crippen LogP contribution >= 0.6 is 0 Å². The molecule has 0 aromatic heterocycles. The van der Waals surface area contributed by atoms with Crippen molar-refractivity contribution in [3.05, 3.63) is 59.6 Å². The molecule has 1 aromatic carbocycles. The van der Waals surface area contributed by atoms with E-state index in [2.05, 4.69) is 13.2 Å². The lowest BCUT2D eigenvalue weighted by Crippen LogP contribution is -2.38.